The van der Waals surface area contributed by atoms with Crippen LogP contribution in [0.5, 0.6) is 0 Å². The number of rotatable bonds is 0. The van der Waals surface area contributed by atoms with Crippen molar-refractivity contribution in [2.75, 3.05) is 0 Å². The minimum Gasteiger partial charge on any atom is -0.693 e. The van der Waals surface area contributed by atoms with E-state index < -0.39 is 0 Å². The molecule has 0 unspecified atom stereocenters. The maximum atomic E-state index is 5.25. The van der Waals surface area contributed by atoms with Crippen LogP contribution in [0.25, 0.3) is 12.3 Å². The molecule has 0 aromatic carbocycles. The summed E-state index contributed by atoms with van der Waals surface area (Å²) in [6.45, 7) is 4.00. The van der Waals surface area contributed by atoms with Crippen molar-refractivity contribution < 1.29 is 115 Å². The van der Waals surface area contributed by atoms with Gasteiger partial charge in [-0.2, -0.15) is 0 Å². The fraction of sp³-hybridized carbons (Fsp3) is 1.00. The van der Waals surface area contributed by atoms with Gasteiger partial charge in [-0.25, -0.2) is 0 Å². The van der Waals surface area contributed by atoms with Crippen molar-refractivity contribution in [1.29, 1.82) is 1.34 Å². The Kier molecular flexibility index (Phi) is 4240. The van der Waals surface area contributed by atoms with Crippen molar-refractivity contribution in [3.63, 3.8) is 0 Å². The van der Waals surface area contributed by atoms with Crippen LogP contribution < -0.4 is 35.7 Å². The molecule has 0 aliphatic rings. The van der Waals surface area contributed by atoms with Gasteiger partial charge >= 0.3 is 0 Å². The molecule has 0 saturated carbocycles. The summed E-state index contributed by atoms with van der Waals surface area (Å²) in [4.78, 5) is 0. The second kappa shape index (κ2) is 525. The summed E-state index contributed by atoms with van der Waals surface area (Å²) in [6, 6.07) is 0. The van der Waals surface area contributed by atoms with Gasteiger partial charge in [0, 0.05) is 123 Å². The summed E-state index contributed by atoms with van der Waals surface area (Å²) in [6.07, 6.45) is 0. The van der Waals surface area contributed by atoms with Crippen LogP contribution in [0, 0.1) is 31.1 Å². The molecule has 0 saturated heterocycles. The first-order chi connectivity index (χ1) is 4.00. The minimum absolute atomic E-state index is 0. The van der Waals surface area contributed by atoms with E-state index in [1.165, 1.54) is 0 Å². The van der Waals surface area contributed by atoms with Gasteiger partial charge in [0.1, 0.15) is 0 Å². The molecule has 0 aliphatic carbocycles. The molecule has 5 radical (unpaired) electrons. The molecule has 0 rings (SSSR count). The Balaban J connectivity index is -0.000000000833. The van der Waals surface area contributed by atoms with Crippen LogP contribution in [0.4, 0.5) is 0 Å². The SMILES string of the molecule is C.C.CC.N.N.NN.NN.[2H][B].[NH2-].[NH2-].[U].[V].[Y].[Y]. The fourth-order valence-electron chi connectivity index (χ4n) is 0. The van der Waals surface area contributed by atoms with E-state index in [-0.39, 0.29) is 155 Å². The summed E-state index contributed by atoms with van der Waals surface area (Å²) in [7, 11) is 3.75. The molecule has 8 nitrogen and oxygen atoms in total. The van der Waals surface area contributed by atoms with Gasteiger partial charge in [0.25, 0.3) is 0 Å². The third-order valence-corrected chi connectivity index (χ3v) is 0. The van der Waals surface area contributed by atoms with Gasteiger partial charge in [0.2, 0.25) is 0 Å². The van der Waals surface area contributed by atoms with Gasteiger partial charge in [-0.3, -0.25) is 23.4 Å². The maximum absolute atomic E-state index is 5.25. The van der Waals surface area contributed by atoms with Crippen LogP contribution in [0.15, 0.2) is 0 Å². The van der Waals surface area contributed by atoms with Crippen molar-refractivity contribution in [3.05, 3.63) is 12.3 Å². The molecular formula is C4H33BN8UVY2-2. The van der Waals surface area contributed by atoms with E-state index in [2.05, 4.69) is 31.7 Å². The zero-order valence-corrected chi connectivity index (χ0v) is 20.8. The van der Waals surface area contributed by atoms with Crippen LogP contribution in [-0.4, -0.2) is 9.71 Å². The number of hydrogen-bond donors (Lipinski definition) is 6. The Bertz CT molecular complexity index is 41.1. The number of hydrazine groups is 2. The van der Waals surface area contributed by atoms with E-state index in [1.807, 2.05) is 13.8 Å². The summed E-state index contributed by atoms with van der Waals surface area (Å²) in [5, 5.41) is 0. The second-order valence-corrected chi connectivity index (χ2v) is 0. The Morgan fingerprint density at radius 3 is 0.765 bits per heavy atom. The van der Waals surface area contributed by atoms with Crippen LogP contribution in [0.2, 0.25) is 0 Å². The molecule has 13 heteroatoms. The van der Waals surface area contributed by atoms with Gasteiger partial charge in [-0.15, -0.1) is 0 Å². The van der Waals surface area contributed by atoms with Gasteiger partial charge in [-0.1, -0.05) is 28.7 Å². The molecule has 0 heterocycles. The first kappa shape index (κ1) is 137. The number of nitrogens with two attached hydrogens (primary N) is 6. The van der Waals surface area contributed by atoms with Crippen LogP contribution >= 0.6 is 0 Å². The smallest absolute Gasteiger partial charge is 0.0379 e. The summed E-state index contributed by atoms with van der Waals surface area (Å²) in [5.74, 6) is 16.0. The Morgan fingerprint density at radius 1 is 0.765 bits per heavy atom. The predicted molar refractivity (Wildman–Crippen MR) is 69.3 cm³/mol. The molecule has 0 amide bonds. The molecule has 17 heavy (non-hydrogen) atoms. The Morgan fingerprint density at radius 2 is 0.765 bits per heavy atom. The van der Waals surface area contributed by atoms with Gasteiger partial charge < -0.3 is 24.6 Å². The molecule has 0 aromatic heterocycles. The molecule has 18 N–H and O–H groups in total. The van der Waals surface area contributed by atoms with Crippen molar-refractivity contribution >= 4 is 8.38 Å². The zero-order chi connectivity index (χ0) is 8.00. The molecule has 0 atom stereocenters. The quantitative estimate of drug-likeness (QED) is 0.125. The Hall–Kier alpha value is 3.59. The van der Waals surface area contributed by atoms with Crippen molar-refractivity contribution in [1.82, 2.24) is 12.3 Å². The monoisotopic (exact) mass is 672 g/mol. The zero-order valence-electron chi connectivity index (χ0n) is 10.6. The maximum Gasteiger partial charge on any atom is 0.0379 e. The van der Waals surface area contributed by atoms with Crippen LogP contribution in [0.1, 0.15) is 28.7 Å². The molecule has 0 aromatic rings. The first-order valence-electron chi connectivity index (χ1n) is 2.24. The van der Waals surface area contributed by atoms with E-state index in [1.54, 1.807) is 0 Å². The van der Waals surface area contributed by atoms with Crippen LogP contribution in [0.3, 0.4) is 0 Å². The largest absolute Gasteiger partial charge is 0.693 e. The van der Waals surface area contributed by atoms with Crippen molar-refractivity contribution in [2.45, 2.75) is 28.7 Å². The van der Waals surface area contributed by atoms with E-state index >= 15 is 0 Å². The first-order valence-corrected chi connectivity index (χ1v) is 1.67. The molecule has 0 aliphatic heterocycles. The molecular weight excluding hydrogens is 638 g/mol. The molecule has 0 spiro atoms. The molecule has 0 bridgehead atoms. The molecule has 109 valence electrons. The van der Waals surface area contributed by atoms with Gasteiger partial charge in [0.15, 0.2) is 0 Å². The van der Waals surface area contributed by atoms with E-state index in [4.69, 9.17) is 1.34 Å². The van der Waals surface area contributed by atoms with Crippen molar-refractivity contribution in [2.24, 2.45) is 23.4 Å². The summed E-state index contributed by atoms with van der Waals surface area (Å²) < 4.78 is 5.25. The van der Waals surface area contributed by atoms with E-state index in [0.29, 0.717) is 0 Å². The molecule has 0 fully saturated rings. The normalized spacial score (nSPS) is 1.41. The minimum atomic E-state index is 0. The topological polar surface area (TPSA) is 241 Å². The summed E-state index contributed by atoms with van der Waals surface area (Å²) in [5.41, 5.74) is 0. The average Bonchev–Trinajstić information content (AvgIpc) is 2.03. The standard InChI is InChI=1S/C2H6.2CH4.BH.2H4N2.2H3N.2H2N.U.V.2Y/c1-2;;;;2*1-2;;;;;;;;/h1-2H3;2*1H4;1H;2*1-2H2;2*1H3;2*1H2;;;;/q;;;;;;;;2*-1;;;;/i;;;1D;;;;;;;;;;. The van der Waals surface area contributed by atoms with E-state index in [0.717, 1.165) is 0 Å². The van der Waals surface area contributed by atoms with Crippen LogP contribution in [-0.2, 0) is 84.0 Å². The fourth-order valence-corrected chi connectivity index (χ4v) is 0. The van der Waals surface area contributed by atoms with Gasteiger partial charge in [-0.05, 0) is 1.34 Å². The predicted octanol–water partition coefficient (Wildman–Crippen LogP) is 1.04. The Labute approximate surface area is 198 Å². The second-order valence-electron chi connectivity index (χ2n) is 0. The van der Waals surface area contributed by atoms with E-state index in [9.17, 15) is 0 Å². The van der Waals surface area contributed by atoms with Crippen molar-refractivity contribution in [3.8, 4) is 0 Å². The summed E-state index contributed by atoms with van der Waals surface area (Å²) >= 11 is 0. The third kappa shape index (κ3) is 470. The van der Waals surface area contributed by atoms with Gasteiger partial charge in [0.05, 0.1) is 0 Å². The third-order valence-electron chi connectivity index (χ3n) is 0. The average molecular weight is 672 g/mol. The number of hydrogen-bond acceptors (Lipinski definition) is 6.